The number of fused-ring (bicyclic) bond motifs is 10. The minimum Gasteiger partial charge on any atom is -0.310 e. The van der Waals surface area contributed by atoms with Gasteiger partial charge in [-0.2, -0.15) is 0 Å². The Morgan fingerprint density at radius 2 is 0.525 bits per heavy atom. The van der Waals surface area contributed by atoms with E-state index in [9.17, 15) is 0 Å². The first-order valence-electron chi connectivity index (χ1n) is 34.1. The maximum Gasteiger partial charge on any atom is 0.252 e. The number of benzene rings is 15. The average Bonchev–Trinajstić information content (AvgIpc) is 1.55. The summed E-state index contributed by atoms with van der Waals surface area (Å²) in [6.45, 7) is -0.156. The van der Waals surface area contributed by atoms with Crippen LogP contribution in [0.15, 0.2) is 358 Å². The highest BCUT2D eigenvalue weighted by Gasteiger charge is 2.42. The van der Waals surface area contributed by atoms with Crippen LogP contribution in [0.1, 0.15) is 0 Å². The molecule has 4 nitrogen and oxygen atoms in total. The molecule has 18 aromatic rings. The summed E-state index contributed by atoms with van der Waals surface area (Å²) in [6.07, 6.45) is 0. The summed E-state index contributed by atoms with van der Waals surface area (Å²) < 4.78 is 5.21. The zero-order valence-corrected chi connectivity index (χ0v) is 53.9. The lowest BCUT2D eigenvalue weighted by atomic mass is 9.34. The molecule has 0 unspecified atom stereocenters. The highest BCUT2D eigenvalue weighted by molar-refractivity contribution is 7.00. The zero-order chi connectivity index (χ0) is 65.1. The SMILES string of the molecule is c1ccc(-c2cc(-c3ccccc3)cc(-c3cc(-c4cc(-c5ccccc5)cc(-c5ccccc5)c4)nc(-c4cc5c6c(c4)-n4c7ccc(-c8ccccc8)cc7c7c(-c8ccccc8)ccc(c74)B6c4ccc(-c6ccccc6)c6c7cc(-c8ccccc8)ccc7n-5c46)n3)c2)cc1. The van der Waals surface area contributed by atoms with Crippen LogP contribution < -0.4 is 16.4 Å². The van der Waals surface area contributed by atoms with Crippen molar-refractivity contribution in [2.24, 2.45) is 0 Å². The van der Waals surface area contributed by atoms with E-state index in [1.807, 2.05) is 0 Å². The highest BCUT2D eigenvalue weighted by atomic mass is 15.0. The van der Waals surface area contributed by atoms with E-state index in [1.165, 1.54) is 93.5 Å². The quantitative estimate of drug-likeness (QED) is 0.121. The third-order valence-corrected chi connectivity index (χ3v) is 20.7. The fourth-order valence-corrected chi connectivity index (χ4v) is 16.2. The third kappa shape index (κ3) is 9.31. The van der Waals surface area contributed by atoms with Crippen LogP contribution >= 0.6 is 0 Å². The van der Waals surface area contributed by atoms with Gasteiger partial charge in [-0.25, -0.2) is 9.97 Å². The minimum absolute atomic E-state index is 0.156. The summed E-state index contributed by atoms with van der Waals surface area (Å²) in [5.41, 5.74) is 33.7. The van der Waals surface area contributed by atoms with E-state index < -0.39 is 0 Å². The Kier molecular flexibility index (Phi) is 13.0. The van der Waals surface area contributed by atoms with Crippen molar-refractivity contribution < 1.29 is 0 Å². The maximum absolute atomic E-state index is 5.95. The fraction of sp³-hybridized carbons (Fsp3) is 0. The first-order valence-corrected chi connectivity index (χ1v) is 34.1. The van der Waals surface area contributed by atoms with E-state index in [1.54, 1.807) is 0 Å². The van der Waals surface area contributed by atoms with E-state index >= 15 is 0 Å². The van der Waals surface area contributed by atoms with Gasteiger partial charge in [-0.3, -0.25) is 0 Å². The molecule has 20 rings (SSSR count). The molecule has 3 aromatic heterocycles. The van der Waals surface area contributed by atoms with Crippen molar-refractivity contribution >= 4 is 66.7 Å². The Morgan fingerprint density at radius 1 is 0.222 bits per heavy atom. The van der Waals surface area contributed by atoms with Crippen molar-refractivity contribution in [3.05, 3.63) is 358 Å². The van der Waals surface area contributed by atoms with Crippen LogP contribution in [-0.4, -0.2) is 25.8 Å². The zero-order valence-electron chi connectivity index (χ0n) is 53.9. The van der Waals surface area contributed by atoms with Crippen molar-refractivity contribution in [1.29, 1.82) is 0 Å². The topological polar surface area (TPSA) is 35.6 Å². The first kappa shape index (κ1) is 56.4. The van der Waals surface area contributed by atoms with Gasteiger partial charge in [-0.1, -0.05) is 279 Å². The molecule has 0 spiro atoms. The van der Waals surface area contributed by atoms with Crippen molar-refractivity contribution in [3.63, 3.8) is 0 Å². The predicted molar refractivity (Wildman–Crippen MR) is 415 cm³/mol. The number of rotatable bonds is 11. The monoisotopic (exact) mass is 1250 g/mol. The van der Waals surface area contributed by atoms with Crippen LogP contribution in [0, 0.1) is 0 Å². The molecule has 0 bridgehead atoms. The molecule has 0 fully saturated rings. The molecule has 458 valence electrons. The van der Waals surface area contributed by atoms with Crippen molar-refractivity contribution in [2.45, 2.75) is 0 Å². The Bertz CT molecular complexity index is 5740. The van der Waals surface area contributed by atoms with Gasteiger partial charge in [0.15, 0.2) is 5.82 Å². The van der Waals surface area contributed by atoms with E-state index in [0.717, 1.165) is 95.0 Å². The lowest BCUT2D eigenvalue weighted by molar-refractivity contribution is 1.13. The Balaban J connectivity index is 0.929. The molecule has 0 atom stereocenters. The molecule has 2 aliphatic rings. The second-order valence-electron chi connectivity index (χ2n) is 26.3. The van der Waals surface area contributed by atoms with E-state index in [0.29, 0.717) is 5.82 Å². The number of aromatic nitrogens is 4. The van der Waals surface area contributed by atoms with Crippen LogP contribution in [0.3, 0.4) is 0 Å². The maximum atomic E-state index is 5.95. The Morgan fingerprint density at radius 3 is 0.859 bits per heavy atom. The lowest BCUT2D eigenvalue weighted by Crippen LogP contribution is -2.59. The van der Waals surface area contributed by atoms with Crippen LogP contribution in [-0.2, 0) is 0 Å². The molecule has 5 heterocycles. The van der Waals surface area contributed by atoms with Crippen LogP contribution in [0.25, 0.3) is 178 Å². The molecule has 0 aliphatic carbocycles. The normalized spacial score (nSPS) is 12.0. The molecule has 0 amide bonds. The summed E-state index contributed by atoms with van der Waals surface area (Å²) in [4.78, 5) is 11.9. The summed E-state index contributed by atoms with van der Waals surface area (Å²) in [6, 6.07) is 132. The van der Waals surface area contributed by atoms with Gasteiger partial charge in [0.25, 0.3) is 6.71 Å². The second-order valence-corrected chi connectivity index (χ2v) is 26.3. The van der Waals surface area contributed by atoms with Gasteiger partial charge in [0.05, 0.1) is 22.4 Å². The molecule has 99 heavy (non-hydrogen) atoms. The molecule has 0 saturated heterocycles. The molecular formula is C94H59BN4. The van der Waals surface area contributed by atoms with Gasteiger partial charge in [-0.05, 0) is 184 Å². The molecular weight excluding hydrogens is 1200 g/mol. The number of hydrogen-bond donors (Lipinski definition) is 0. The van der Waals surface area contributed by atoms with E-state index in [2.05, 4.69) is 367 Å². The van der Waals surface area contributed by atoms with Gasteiger partial charge in [0, 0.05) is 60.6 Å². The molecule has 5 heteroatoms. The second kappa shape index (κ2) is 22.9. The van der Waals surface area contributed by atoms with Gasteiger partial charge >= 0.3 is 0 Å². The van der Waals surface area contributed by atoms with Crippen LogP contribution in [0.5, 0.6) is 0 Å². The molecule has 15 aromatic carbocycles. The number of hydrogen-bond acceptors (Lipinski definition) is 2. The van der Waals surface area contributed by atoms with E-state index in [-0.39, 0.29) is 6.71 Å². The van der Waals surface area contributed by atoms with Gasteiger partial charge in [0.1, 0.15) is 0 Å². The minimum atomic E-state index is -0.156. The van der Waals surface area contributed by atoms with Crippen LogP contribution in [0.2, 0.25) is 0 Å². The van der Waals surface area contributed by atoms with E-state index in [4.69, 9.17) is 9.97 Å². The smallest absolute Gasteiger partial charge is 0.252 e. The predicted octanol–water partition coefficient (Wildman–Crippen LogP) is 22.2. The molecule has 0 N–H and O–H groups in total. The van der Waals surface area contributed by atoms with Gasteiger partial charge < -0.3 is 9.13 Å². The summed E-state index contributed by atoms with van der Waals surface area (Å²) in [5.74, 6) is 0.627. The third-order valence-electron chi connectivity index (χ3n) is 20.7. The van der Waals surface area contributed by atoms with Gasteiger partial charge in [-0.15, -0.1) is 0 Å². The lowest BCUT2D eigenvalue weighted by Gasteiger charge is -2.34. The Labute approximate surface area is 574 Å². The largest absolute Gasteiger partial charge is 0.310 e. The standard InChI is InChI=1S/C94H59BN4/c1-9-25-60(26-10-1)68-41-47-85-79(55-68)89-77(66-37-21-7-22-38-66)43-45-81-92(89)98(85)87-57-76(58-88-91(87)95(81)82-46-44-78(67-39-23-8-24-40-67)90-80-56-69(61-27-11-2-12-28-61)42-48-86(80)99(88)93(82)90)94-96-83(74-51-70(62-29-13-3-14-30-62)49-71(52-74)63-31-15-4-16-32-63)59-84(97-94)75-53-72(64-33-17-5-18-34-64)50-73(54-75)65-35-19-6-20-36-65/h1-59H. The van der Waals surface area contributed by atoms with Crippen molar-refractivity contribution in [2.75, 3.05) is 0 Å². The van der Waals surface area contributed by atoms with Crippen LogP contribution in [0.4, 0.5) is 0 Å². The molecule has 0 radical (unpaired) electrons. The molecule has 2 aliphatic heterocycles. The summed E-state index contributed by atoms with van der Waals surface area (Å²) in [5, 5.41) is 4.88. The average molecular weight is 1260 g/mol. The fourth-order valence-electron chi connectivity index (χ4n) is 16.2. The Hall–Kier alpha value is -13.0. The number of nitrogens with zero attached hydrogens (tertiary/aromatic N) is 4. The summed E-state index contributed by atoms with van der Waals surface area (Å²) >= 11 is 0. The molecule has 0 saturated carbocycles. The first-order chi connectivity index (χ1) is 49.1. The van der Waals surface area contributed by atoms with Crippen molar-refractivity contribution in [3.8, 4) is 134 Å². The summed E-state index contributed by atoms with van der Waals surface area (Å²) in [7, 11) is 0. The van der Waals surface area contributed by atoms with Crippen molar-refractivity contribution in [1.82, 2.24) is 19.1 Å². The van der Waals surface area contributed by atoms with Gasteiger partial charge in [0.2, 0.25) is 0 Å². The highest BCUT2D eigenvalue weighted by Crippen LogP contribution is 2.47.